The van der Waals surface area contributed by atoms with Gasteiger partial charge in [0.25, 0.3) is 0 Å². The molecule has 0 aromatic rings. The Balaban J connectivity index is 2.31. The molecule has 108 valence electrons. The van der Waals surface area contributed by atoms with E-state index < -0.39 is 11.1 Å². The Morgan fingerprint density at radius 1 is 1.32 bits per heavy atom. The number of piperazine rings is 1. The van der Waals surface area contributed by atoms with Gasteiger partial charge in [-0.05, 0) is 26.2 Å². The predicted molar refractivity (Wildman–Crippen MR) is 71.6 cm³/mol. The second-order valence-corrected chi connectivity index (χ2v) is 5.82. The minimum atomic E-state index is -0.747. The van der Waals surface area contributed by atoms with E-state index in [-0.39, 0.29) is 11.8 Å². The molecular weight excluding hydrogens is 244 g/mol. The molecule has 5 nitrogen and oxygen atoms in total. The van der Waals surface area contributed by atoms with Crippen molar-refractivity contribution < 1.29 is 14.3 Å². The molecule has 1 saturated heterocycles. The Morgan fingerprint density at radius 3 is 2.47 bits per heavy atom. The van der Waals surface area contributed by atoms with Gasteiger partial charge in [-0.25, -0.2) is 0 Å². The van der Waals surface area contributed by atoms with Crippen LogP contribution in [-0.4, -0.2) is 48.1 Å². The van der Waals surface area contributed by atoms with Gasteiger partial charge in [0.1, 0.15) is 11.1 Å². The van der Waals surface area contributed by atoms with Crippen molar-refractivity contribution in [1.82, 2.24) is 10.2 Å². The van der Waals surface area contributed by atoms with Gasteiger partial charge in [-0.3, -0.25) is 9.59 Å². The average Bonchev–Trinajstić information content (AvgIpc) is 2.86. The number of methoxy groups -OCH3 is 1. The summed E-state index contributed by atoms with van der Waals surface area (Å²) in [4.78, 5) is 27.0. The summed E-state index contributed by atoms with van der Waals surface area (Å²) in [5.74, 6) is 0.0543. The number of nitrogens with zero attached hydrogens (tertiary/aromatic N) is 1. The monoisotopic (exact) mass is 268 g/mol. The molecule has 1 spiro atoms. The molecule has 2 amide bonds. The smallest absolute Gasteiger partial charge is 0.249 e. The summed E-state index contributed by atoms with van der Waals surface area (Å²) in [7, 11) is 1.61. The van der Waals surface area contributed by atoms with Gasteiger partial charge in [-0.2, -0.15) is 0 Å². The van der Waals surface area contributed by atoms with Crippen LogP contribution in [0.3, 0.4) is 0 Å². The van der Waals surface area contributed by atoms with Crippen molar-refractivity contribution in [1.29, 1.82) is 0 Å². The van der Waals surface area contributed by atoms with E-state index in [9.17, 15) is 9.59 Å². The second kappa shape index (κ2) is 5.12. The van der Waals surface area contributed by atoms with Crippen molar-refractivity contribution >= 4 is 11.8 Å². The summed E-state index contributed by atoms with van der Waals surface area (Å²) in [6, 6.07) is 0. The van der Waals surface area contributed by atoms with Crippen LogP contribution in [-0.2, 0) is 14.3 Å². The molecule has 0 aromatic carbocycles. The van der Waals surface area contributed by atoms with Crippen molar-refractivity contribution in [2.45, 2.75) is 57.0 Å². The van der Waals surface area contributed by atoms with Crippen LogP contribution in [0.1, 0.15) is 46.0 Å². The summed E-state index contributed by atoms with van der Waals surface area (Å²) in [5.41, 5.74) is -1.39. The fourth-order valence-corrected chi connectivity index (χ4v) is 3.21. The van der Waals surface area contributed by atoms with Gasteiger partial charge in [-0.15, -0.1) is 0 Å². The lowest BCUT2D eigenvalue weighted by atomic mass is 9.83. The third-order valence-electron chi connectivity index (χ3n) is 4.76. The first kappa shape index (κ1) is 14.3. The van der Waals surface area contributed by atoms with E-state index in [1.165, 1.54) is 0 Å². The number of carbonyl (C=O) groups excluding carboxylic acids is 2. The number of carbonyl (C=O) groups is 2. The topological polar surface area (TPSA) is 58.6 Å². The van der Waals surface area contributed by atoms with Crippen LogP contribution in [0.25, 0.3) is 0 Å². The average molecular weight is 268 g/mol. The van der Waals surface area contributed by atoms with E-state index in [1.54, 1.807) is 12.0 Å². The maximum atomic E-state index is 12.8. The molecule has 1 saturated carbocycles. The fraction of sp³-hybridized carbons (Fsp3) is 0.857. The molecule has 0 aromatic heterocycles. The SMILES string of the molecule is CCC1(C)C(=O)NC2(CCCC2)C(=O)N1CCOC. The highest BCUT2D eigenvalue weighted by Crippen LogP contribution is 2.38. The predicted octanol–water partition coefficient (Wildman–Crippen LogP) is 1.07. The number of nitrogens with one attached hydrogen (secondary N) is 1. The molecule has 5 heteroatoms. The molecule has 0 radical (unpaired) electrons. The van der Waals surface area contributed by atoms with Gasteiger partial charge in [0.05, 0.1) is 6.61 Å². The minimum absolute atomic E-state index is 0.0207. The molecule has 1 unspecified atom stereocenters. The van der Waals surface area contributed by atoms with Crippen LogP contribution in [0.15, 0.2) is 0 Å². The quantitative estimate of drug-likeness (QED) is 0.830. The van der Waals surface area contributed by atoms with Crippen LogP contribution in [0, 0.1) is 0 Å². The largest absolute Gasteiger partial charge is 0.383 e. The summed E-state index contributed by atoms with van der Waals surface area (Å²) < 4.78 is 5.09. The first-order chi connectivity index (χ1) is 9.00. The van der Waals surface area contributed by atoms with E-state index >= 15 is 0 Å². The summed E-state index contributed by atoms with van der Waals surface area (Å²) in [6.07, 6.45) is 4.16. The maximum Gasteiger partial charge on any atom is 0.249 e. The minimum Gasteiger partial charge on any atom is -0.383 e. The van der Waals surface area contributed by atoms with Crippen molar-refractivity contribution in [3.8, 4) is 0 Å². The Kier molecular flexibility index (Phi) is 3.85. The zero-order chi connectivity index (χ0) is 14.1. The van der Waals surface area contributed by atoms with E-state index in [1.807, 2.05) is 13.8 Å². The van der Waals surface area contributed by atoms with Crippen molar-refractivity contribution in [2.75, 3.05) is 20.3 Å². The van der Waals surface area contributed by atoms with E-state index in [0.717, 1.165) is 25.7 Å². The molecule has 19 heavy (non-hydrogen) atoms. The van der Waals surface area contributed by atoms with Gasteiger partial charge in [0, 0.05) is 13.7 Å². The third-order valence-corrected chi connectivity index (χ3v) is 4.76. The lowest BCUT2D eigenvalue weighted by molar-refractivity contribution is -0.163. The molecule has 0 bridgehead atoms. The van der Waals surface area contributed by atoms with Gasteiger partial charge in [0.15, 0.2) is 0 Å². The van der Waals surface area contributed by atoms with E-state index in [0.29, 0.717) is 19.6 Å². The van der Waals surface area contributed by atoms with Crippen LogP contribution < -0.4 is 5.32 Å². The number of ether oxygens (including phenoxy) is 1. The normalized spacial score (nSPS) is 29.9. The zero-order valence-corrected chi connectivity index (χ0v) is 12.1. The molecule has 2 rings (SSSR count). The Bertz CT molecular complexity index is 377. The second-order valence-electron chi connectivity index (χ2n) is 5.82. The van der Waals surface area contributed by atoms with E-state index in [2.05, 4.69) is 5.32 Å². The molecule has 1 N–H and O–H groups in total. The highest BCUT2D eigenvalue weighted by molar-refractivity contribution is 6.02. The van der Waals surface area contributed by atoms with Crippen LogP contribution >= 0.6 is 0 Å². The number of amides is 2. The fourth-order valence-electron chi connectivity index (χ4n) is 3.21. The van der Waals surface area contributed by atoms with Crippen molar-refractivity contribution in [2.24, 2.45) is 0 Å². The Morgan fingerprint density at radius 2 is 1.95 bits per heavy atom. The van der Waals surface area contributed by atoms with Gasteiger partial charge < -0.3 is 15.0 Å². The van der Waals surface area contributed by atoms with Gasteiger partial charge >= 0.3 is 0 Å². The van der Waals surface area contributed by atoms with Crippen molar-refractivity contribution in [3.63, 3.8) is 0 Å². The first-order valence-electron chi connectivity index (χ1n) is 7.14. The lowest BCUT2D eigenvalue weighted by Crippen LogP contribution is -2.74. The number of rotatable bonds is 4. The number of hydrogen-bond acceptors (Lipinski definition) is 3. The Labute approximate surface area is 114 Å². The lowest BCUT2D eigenvalue weighted by Gasteiger charge is -2.50. The standard InChI is InChI=1S/C14H24N2O3/c1-4-13(2)11(17)15-14(7-5-6-8-14)12(18)16(13)9-10-19-3/h4-10H2,1-3H3,(H,15,17). The summed E-state index contributed by atoms with van der Waals surface area (Å²) in [5, 5.41) is 3.02. The van der Waals surface area contributed by atoms with Crippen LogP contribution in [0.5, 0.6) is 0 Å². The number of hydrogen-bond donors (Lipinski definition) is 1. The van der Waals surface area contributed by atoms with E-state index in [4.69, 9.17) is 4.74 Å². The van der Waals surface area contributed by atoms with Gasteiger partial charge in [0.2, 0.25) is 11.8 Å². The molecule has 1 heterocycles. The third kappa shape index (κ3) is 2.14. The molecule has 1 atom stereocenters. The molecule has 1 aliphatic heterocycles. The van der Waals surface area contributed by atoms with Crippen molar-refractivity contribution in [3.05, 3.63) is 0 Å². The highest BCUT2D eigenvalue weighted by atomic mass is 16.5. The highest BCUT2D eigenvalue weighted by Gasteiger charge is 2.56. The molecular formula is C14H24N2O3. The summed E-state index contributed by atoms with van der Waals surface area (Å²) >= 11 is 0. The maximum absolute atomic E-state index is 12.8. The molecule has 2 fully saturated rings. The summed E-state index contributed by atoms with van der Waals surface area (Å²) in [6.45, 7) is 4.73. The molecule has 1 aliphatic carbocycles. The first-order valence-corrected chi connectivity index (χ1v) is 7.14. The van der Waals surface area contributed by atoms with Gasteiger partial charge in [-0.1, -0.05) is 19.8 Å². The molecule has 2 aliphatic rings. The van der Waals surface area contributed by atoms with Crippen LogP contribution in [0.4, 0.5) is 0 Å². The van der Waals surface area contributed by atoms with Crippen LogP contribution in [0.2, 0.25) is 0 Å². The zero-order valence-electron chi connectivity index (χ0n) is 12.1. The Hall–Kier alpha value is -1.10.